The summed E-state index contributed by atoms with van der Waals surface area (Å²) in [7, 11) is 0. The predicted octanol–water partition coefficient (Wildman–Crippen LogP) is 2.31. The summed E-state index contributed by atoms with van der Waals surface area (Å²) in [5, 5.41) is 7.90. The molecule has 0 aliphatic carbocycles. The normalized spacial score (nSPS) is 11.1. The third-order valence-electron chi connectivity index (χ3n) is 2.71. The van der Waals surface area contributed by atoms with Gasteiger partial charge in [0, 0.05) is 25.3 Å². The lowest BCUT2D eigenvalue weighted by molar-refractivity contribution is 0.134. The largest absolute Gasteiger partial charge is 0.381 e. The molecule has 0 atom stereocenters. The van der Waals surface area contributed by atoms with E-state index in [1.807, 2.05) is 6.92 Å². The Kier molecular flexibility index (Phi) is 4.93. The monoisotopic (exact) mass is 283 g/mol. The molecule has 0 unspecified atom stereocenters. The van der Waals surface area contributed by atoms with Crippen molar-refractivity contribution in [3.63, 3.8) is 0 Å². The van der Waals surface area contributed by atoms with Crippen LogP contribution in [0.5, 0.6) is 0 Å². The molecule has 1 N–H and O–H groups in total. The molecule has 0 fully saturated rings. The fourth-order valence-electron chi connectivity index (χ4n) is 1.73. The molecule has 7 heteroatoms. The zero-order valence-electron chi connectivity index (χ0n) is 11.2. The number of rotatable bonds is 7. The molecule has 0 aliphatic rings. The molecule has 104 valence electrons. The number of nitrogens with one attached hydrogen (secondary N) is 1. The highest BCUT2D eigenvalue weighted by Gasteiger charge is 2.11. The molecule has 0 saturated heterocycles. The number of nitrogens with zero attached hydrogens (tertiary/aromatic N) is 4. The molecule has 0 aliphatic heterocycles. The van der Waals surface area contributed by atoms with Gasteiger partial charge in [-0.2, -0.15) is 19.6 Å². The lowest BCUT2D eigenvalue weighted by Crippen LogP contribution is -2.12. The third kappa shape index (κ3) is 3.33. The van der Waals surface area contributed by atoms with Crippen molar-refractivity contribution in [3.8, 4) is 0 Å². The van der Waals surface area contributed by atoms with E-state index in [1.165, 1.54) is 6.33 Å². The zero-order valence-corrected chi connectivity index (χ0v) is 11.9. The Hall–Kier alpha value is -1.40. The van der Waals surface area contributed by atoms with E-state index in [0.29, 0.717) is 10.9 Å². The highest BCUT2D eigenvalue weighted by molar-refractivity contribution is 6.30. The van der Waals surface area contributed by atoms with E-state index in [0.717, 1.165) is 44.0 Å². The Balaban J connectivity index is 1.99. The number of hydrogen-bond acceptors (Lipinski definition) is 5. The van der Waals surface area contributed by atoms with Crippen molar-refractivity contribution in [2.45, 2.75) is 26.7 Å². The zero-order chi connectivity index (χ0) is 13.7. The number of hydrogen-bond donors (Lipinski definition) is 1. The lowest BCUT2D eigenvalue weighted by Gasteiger charge is -2.11. The number of anilines is 1. The average molecular weight is 284 g/mol. The van der Waals surface area contributed by atoms with Crippen molar-refractivity contribution >= 4 is 23.2 Å². The van der Waals surface area contributed by atoms with Crippen LogP contribution in [0.25, 0.3) is 5.78 Å². The first kappa shape index (κ1) is 14.0. The Labute approximate surface area is 117 Å². The molecule has 0 aromatic carbocycles. The molecule has 0 amide bonds. The van der Waals surface area contributed by atoms with Crippen LogP contribution in [0.15, 0.2) is 6.33 Å². The van der Waals surface area contributed by atoms with E-state index in [1.54, 1.807) is 4.52 Å². The van der Waals surface area contributed by atoms with Gasteiger partial charge < -0.3 is 10.1 Å². The van der Waals surface area contributed by atoms with Crippen molar-refractivity contribution in [1.82, 2.24) is 19.6 Å². The van der Waals surface area contributed by atoms with Crippen LogP contribution in [-0.2, 0) is 4.74 Å². The second-order valence-electron chi connectivity index (χ2n) is 4.24. The molecular weight excluding hydrogens is 266 g/mol. The number of aromatic nitrogens is 4. The van der Waals surface area contributed by atoms with E-state index in [4.69, 9.17) is 16.3 Å². The van der Waals surface area contributed by atoms with Gasteiger partial charge in [-0.25, -0.2) is 0 Å². The minimum atomic E-state index is 0.449. The minimum Gasteiger partial charge on any atom is -0.381 e. The summed E-state index contributed by atoms with van der Waals surface area (Å²) in [4.78, 5) is 8.20. The summed E-state index contributed by atoms with van der Waals surface area (Å²) in [5.74, 6) is 1.34. The van der Waals surface area contributed by atoms with E-state index in [2.05, 4.69) is 27.3 Å². The standard InChI is InChI=1S/C12H18ClN5O/c1-3-6-19-7-4-5-14-11-9(2)10(13)17-12-15-8-16-18(11)12/h8,14H,3-7H2,1-2H3. The lowest BCUT2D eigenvalue weighted by atomic mass is 10.3. The van der Waals surface area contributed by atoms with Gasteiger partial charge in [-0.3, -0.25) is 0 Å². The van der Waals surface area contributed by atoms with Gasteiger partial charge in [0.15, 0.2) is 0 Å². The molecular formula is C12H18ClN5O. The first-order valence-electron chi connectivity index (χ1n) is 6.41. The first-order valence-corrected chi connectivity index (χ1v) is 6.79. The number of halogens is 1. The molecule has 19 heavy (non-hydrogen) atoms. The Morgan fingerprint density at radius 2 is 2.26 bits per heavy atom. The molecule has 6 nitrogen and oxygen atoms in total. The summed E-state index contributed by atoms with van der Waals surface area (Å²) >= 11 is 6.07. The van der Waals surface area contributed by atoms with Gasteiger partial charge in [0.2, 0.25) is 0 Å². The molecule has 0 radical (unpaired) electrons. The van der Waals surface area contributed by atoms with Gasteiger partial charge in [0.25, 0.3) is 5.78 Å². The first-order chi connectivity index (χ1) is 9.24. The van der Waals surface area contributed by atoms with E-state index >= 15 is 0 Å². The summed E-state index contributed by atoms with van der Waals surface area (Å²) in [6, 6.07) is 0. The van der Waals surface area contributed by atoms with Gasteiger partial charge in [0.1, 0.15) is 17.3 Å². The predicted molar refractivity (Wildman–Crippen MR) is 74.7 cm³/mol. The van der Waals surface area contributed by atoms with Crippen molar-refractivity contribution in [2.75, 3.05) is 25.1 Å². The van der Waals surface area contributed by atoms with Crippen LogP contribution in [0, 0.1) is 6.92 Å². The van der Waals surface area contributed by atoms with Gasteiger partial charge >= 0.3 is 0 Å². The van der Waals surface area contributed by atoms with Gasteiger partial charge in [-0.1, -0.05) is 18.5 Å². The van der Waals surface area contributed by atoms with E-state index in [9.17, 15) is 0 Å². The molecule has 0 saturated carbocycles. The van der Waals surface area contributed by atoms with Crippen LogP contribution < -0.4 is 5.32 Å². The molecule has 0 spiro atoms. The van der Waals surface area contributed by atoms with Crippen LogP contribution >= 0.6 is 11.6 Å². The fourth-order valence-corrected chi connectivity index (χ4v) is 1.90. The average Bonchev–Trinajstić information content (AvgIpc) is 2.85. The van der Waals surface area contributed by atoms with Gasteiger partial charge in [-0.15, -0.1) is 0 Å². The van der Waals surface area contributed by atoms with E-state index < -0.39 is 0 Å². The quantitative estimate of drug-likeness (QED) is 0.624. The molecule has 0 bridgehead atoms. The summed E-state index contributed by atoms with van der Waals surface area (Å²) < 4.78 is 7.09. The Morgan fingerprint density at radius 3 is 3.05 bits per heavy atom. The fraction of sp³-hybridized carbons (Fsp3) is 0.583. The SMILES string of the molecule is CCCOCCCNc1c(C)c(Cl)nc2ncnn12. The van der Waals surface area contributed by atoms with Crippen LogP contribution in [0.1, 0.15) is 25.3 Å². The Morgan fingerprint density at radius 1 is 1.42 bits per heavy atom. The smallest absolute Gasteiger partial charge is 0.255 e. The summed E-state index contributed by atoms with van der Waals surface area (Å²) in [5.41, 5.74) is 0.870. The van der Waals surface area contributed by atoms with Gasteiger partial charge in [0.05, 0.1) is 0 Å². The minimum absolute atomic E-state index is 0.449. The number of fused-ring (bicyclic) bond motifs is 1. The molecule has 2 rings (SSSR count). The maximum Gasteiger partial charge on any atom is 0.255 e. The maximum absolute atomic E-state index is 6.07. The van der Waals surface area contributed by atoms with E-state index in [-0.39, 0.29) is 0 Å². The number of ether oxygens (including phenoxy) is 1. The highest BCUT2D eigenvalue weighted by Crippen LogP contribution is 2.21. The van der Waals surface area contributed by atoms with Crippen LogP contribution in [0.3, 0.4) is 0 Å². The van der Waals surface area contributed by atoms with Crippen LogP contribution in [-0.4, -0.2) is 39.3 Å². The highest BCUT2D eigenvalue weighted by atomic mass is 35.5. The molecule has 2 heterocycles. The van der Waals surface area contributed by atoms with Crippen molar-refractivity contribution < 1.29 is 4.74 Å². The second kappa shape index (κ2) is 6.68. The van der Waals surface area contributed by atoms with Crippen molar-refractivity contribution in [3.05, 3.63) is 17.0 Å². The van der Waals surface area contributed by atoms with Crippen LogP contribution in [0.4, 0.5) is 5.82 Å². The van der Waals surface area contributed by atoms with Crippen molar-refractivity contribution in [1.29, 1.82) is 0 Å². The third-order valence-corrected chi connectivity index (χ3v) is 3.08. The topological polar surface area (TPSA) is 64.3 Å². The Bertz CT molecular complexity index is 542. The maximum atomic E-state index is 6.07. The second-order valence-corrected chi connectivity index (χ2v) is 4.60. The molecule has 2 aromatic rings. The summed E-state index contributed by atoms with van der Waals surface area (Å²) in [6.07, 6.45) is 3.44. The van der Waals surface area contributed by atoms with Crippen LogP contribution in [0.2, 0.25) is 5.15 Å². The van der Waals surface area contributed by atoms with Crippen molar-refractivity contribution in [2.24, 2.45) is 0 Å². The molecule has 2 aromatic heterocycles. The van der Waals surface area contributed by atoms with Gasteiger partial charge in [-0.05, 0) is 19.8 Å². The summed E-state index contributed by atoms with van der Waals surface area (Å²) in [6.45, 7) is 6.36.